The Labute approximate surface area is 158 Å². The molecule has 1 amide bonds. The van der Waals surface area contributed by atoms with Gasteiger partial charge < -0.3 is 15.8 Å². The van der Waals surface area contributed by atoms with E-state index in [2.05, 4.69) is 20.4 Å². The van der Waals surface area contributed by atoms with Crippen molar-refractivity contribution in [2.75, 3.05) is 18.2 Å². The van der Waals surface area contributed by atoms with Gasteiger partial charge in [0.2, 0.25) is 0 Å². The monoisotopic (exact) mass is 392 g/mol. The molecule has 0 radical (unpaired) electrons. The predicted octanol–water partition coefficient (Wildman–Crippen LogP) is 3.03. The van der Waals surface area contributed by atoms with Crippen LogP contribution in [0, 0.1) is 0 Å². The maximum absolute atomic E-state index is 12.2. The van der Waals surface area contributed by atoms with E-state index in [1.807, 2.05) is 0 Å². The van der Waals surface area contributed by atoms with Gasteiger partial charge in [-0.15, -0.1) is 0 Å². The third kappa shape index (κ3) is 3.42. The first-order valence-corrected chi connectivity index (χ1v) is 8.11. The lowest BCUT2D eigenvalue weighted by molar-refractivity contribution is 0.101. The number of benzene rings is 1. The van der Waals surface area contributed by atoms with E-state index < -0.39 is 0 Å². The molecule has 134 valence electrons. The first-order valence-electron chi connectivity index (χ1n) is 7.36. The smallest absolute Gasteiger partial charge is 0.275 e. The molecule has 0 spiro atoms. The van der Waals surface area contributed by atoms with Crippen LogP contribution in [0.25, 0.3) is 11.3 Å². The number of methoxy groups -OCH3 is 1. The minimum atomic E-state index is -0.381. The molecule has 3 aromatic rings. The molecule has 0 atom stereocenters. The molecule has 26 heavy (non-hydrogen) atoms. The number of anilines is 2. The lowest BCUT2D eigenvalue weighted by Gasteiger charge is -2.12. The van der Waals surface area contributed by atoms with E-state index >= 15 is 0 Å². The highest BCUT2D eigenvalue weighted by Crippen LogP contribution is 2.39. The summed E-state index contributed by atoms with van der Waals surface area (Å²) in [5, 5.41) is 7.28. The molecule has 3 N–H and O–H groups in total. The van der Waals surface area contributed by atoms with Crippen LogP contribution in [0.1, 0.15) is 10.5 Å². The molecule has 0 aliphatic rings. The standard InChI is InChI=1S/C16H14Cl2N6O2/c1-24-10(3-4-21-24)16(25)23-12-7-20-14(15(19)22-12)9-5-8(17)6-11(26-2)13(9)18/h3-7H,1-2H3,(H3,19,22,23,25). The molecule has 1 aromatic carbocycles. The van der Waals surface area contributed by atoms with Gasteiger partial charge in [-0.1, -0.05) is 23.2 Å². The predicted molar refractivity (Wildman–Crippen MR) is 99.6 cm³/mol. The van der Waals surface area contributed by atoms with Crippen molar-refractivity contribution in [1.29, 1.82) is 0 Å². The number of aryl methyl sites for hydroxylation is 1. The van der Waals surface area contributed by atoms with Crippen LogP contribution in [0.5, 0.6) is 5.75 Å². The minimum absolute atomic E-state index is 0.0824. The van der Waals surface area contributed by atoms with Crippen LogP contribution < -0.4 is 15.8 Å². The highest BCUT2D eigenvalue weighted by molar-refractivity contribution is 6.36. The second-order valence-electron chi connectivity index (χ2n) is 5.25. The van der Waals surface area contributed by atoms with E-state index in [0.717, 1.165) is 0 Å². The molecule has 0 bridgehead atoms. The largest absolute Gasteiger partial charge is 0.495 e. The van der Waals surface area contributed by atoms with Crippen LogP contribution in [0.15, 0.2) is 30.6 Å². The lowest BCUT2D eigenvalue weighted by atomic mass is 10.1. The Morgan fingerprint density at radius 2 is 2.12 bits per heavy atom. The van der Waals surface area contributed by atoms with Gasteiger partial charge in [-0.3, -0.25) is 9.48 Å². The number of nitrogens with one attached hydrogen (secondary N) is 1. The number of ether oxygens (including phenoxy) is 1. The average Bonchev–Trinajstić information content (AvgIpc) is 3.03. The van der Waals surface area contributed by atoms with E-state index in [4.69, 9.17) is 33.7 Å². The normalized spacial score (nSPS) is 10.6. The number of carbonyl (C=O) groups excluding carboxylic acids is 1. The zero-order valence-electron chi connectivity index (χ0n) is 13.8. The quantitative estimate of drug-likeness (QED) is 0.706. The lowest BCUT2D eigenvalue weighted by Crippen LogP contribution is -2.17. The van der Waals surface area contributed by atoms with E-state index in [0.29, 0.717) is 32.7 Å². The van der Waals surface area contributed by atoms with E-state index in [1.165, 1.54) is 24.2 Å². The Morgan fingerprint density at radius 3 is 2.73 bits per heavy atom. The van der Waals surface area contributed by atoms with Crippen LogP contribution in [0.3, 0.4) is 0 Å². The highest BCUT2D eigenvalue weighted by Gasteiger charge is 2.17. The summed E-state index contributed by atoms with van der Waals surface area (Å²) in [6.07, 6.45) is 2.90. The zero-order valence-corrected chi connectivity index (χ0v) is 15.3. The number of nitrogen functional groups attached to an aromatic ring is 1. The summed E-state index contributed by atoms with van der Waals surface area (Å²) in [6.45, 7) is 0. The second kappa shape index (κ2) is 7.19. The molecule has 0 saturated carbocycles. The number of rotatable bonds is 4. The summed E-state index contributed by atoms with van der Waals surface area (Å²) in [7, 11) is 3.14. The Hall–Kier alpha value is -2.84. The van der Waals surface area contributed by atoms with Gasteiger partial charge in [-0.25, -0.2) is 9.97 Å². The topological polar surface area (TPSA) is 108 Å². The fourth-order valence-corrected chi connectivity index (χ4v) is 2.82. The van der Waals surface area contributed by atoms with Crippen LogP contribution in [0.4, 0.5) is 11.6 Å². The van der Waals surface area contributed by atoms with Crippen LogP contribution in [-0.4, -0.2) is 32.8 Å². The summed E-state index contributed by atoms with van der Waals surface area (Å²) in [6, 6.07) is 4.78. The molecule has 2 heterocycles. The van der Waals surface area contributed by atoms with Gasteiger partial charge in [0, 0.05) is 29.9 Å². The molecular formula is C16H14Cl2N6O2. The van der Waals surface area contributed by atoms with Gasteiger partial charge >= 0.3 is 0 Å². The first kappa shape index (κ1) is 18.0. The fourth-order valence-electron chi connectivity index (χ4n) is 2.33. The molecule has 3 rings (SSSR count). The second-order valence-corrected chi connectivity index (χ2v) is 6.07. The van der Waals surface area contributed by atoms with Crippen molar-refractivity contribution in [2.24, 2.45) is 7.05 Å². The Balaban J connectivity index is 1.93. The van der Waals surface area contributed by atoms with Crippen molar-refractivity contribution >= 4 is 40.7 Å². The number of aromatic nitrogens is 4. The number of halogens is 2. The highest BCUT2D eigenvalue weighted by atomic mass is 35.5. The van der Waals surface area contributed by atoms with Crippen molar-refractivity contribution in [1.82, 2.24) is 19.7 Å². The van der Waals surface area contributed by atoms with E-state index in [-0.39, 0.29) is 17.5 Å². The number of nitrogens with zero attached hydrogens (tertiary/aromatic N) is 4. The Bertz CT molecular complexity index is 989. The molecule has 8 nitrogen and oxygen atoms in total. The van der Waals surface area contributed by atoms with Crippen molar-refractivity contribution < 1.29 is 9.53 Å². The van der Waals surface area contributed by atoms with Crippen LogP contribution >= 0.6 is 23.2 Å². The van der Waals surface area contributed by atoms with Crippen LogP contribution in [0.2, 0.25) is 10.0 Å². The summed E-state index contributed by atoms with van der Waals surface area (Å²) < 4.78 is 6.63. The van der Waals surface area contributed by atoms with Crippen molar-refractivity contribution in [2.45, 2.75) is 0 Å². The number of hydrogen-bond acceptors (Lipinski definition) is 6. The SMILES string of the molecule is COc1cc(Cl)cc(-c2ncc(NC(=O)c3ccnn3C)nc2N)c1Cl. The molecule has 0 saturated heterocycles. The molecule has 0 fully saturated rings. The molecule has 2 aromatic heterocycles. The summed E-state index contributed by atoms with van der Waals surface area (Å²) in [5.41, 5.74) is 7.18. The van der Waals surface area contributed by atoms with Gasteiger partial charge in [-0.05, 0) is 12.1 Å². The van der Waals surface area contributed by atoms with Gasteiger partial charge in [0.1, 0.15) is 17.1 Å². The molecule has 0 unspecified atom stereocenters. The van der Waals surface area contributed by atoms with Crippen molar-refractivity contribution in [3.05, 3.63) is 46.3 Å². The first-order chi connectivity index (χ1) is 12.4. The number of hydrogen-bond donors (Lipinski definition) is 2. The molecule has 0 aliphatic heterocycles. The summed E-state index contributed by atoms with van der Waals surface area (Å²) in [5.74, 6) is 0.291. The van der Waals surface area contributed by atoms with Gasteiger partial charge in [0.25, 0.3) is 5.91 Å². The summed E-state index contributed by atoms with van der Waals surface area (Å²) in [4.78, 5) is 20.6. The van der Waals surface area contributed by atoms with E-state index in [1.54, 1.807) is 25.2 Å². The minimum Gasteiger partial charge on any atom is -0.495 e. The van der Waals surface area contributed by atoms with Gasteiger partial charge in [0.05, 0.1) is 18.3 Å². The Kier molecular flexibility index (Phi) is 4.97. The maximum atomic E-state index is 12.2. The number of nitrogens with two attached hydrogens (primary N) is 1. The zero-order chi connectivity index (χ0) is 18.8. The molecule has 10 heteroatoms. The van der Waals surface area contributed by atoms with Crippen molar-refractivity contribution in [3.8, 4) is 17.0 Å². The van der Waals surface area contributed by atoms with Gasteiger partial charge in [0.15, 0.2) is 11.6 Å². The molecule has 0 aliphatic carbocycles. The fraction of sp³-hybridized carbons (Fsp3) is 0.125. The van der Waals surface area contributed by atoms with Crippen LogP contribution in [-0.2, 0) is 7.05 Å². The Morgan fingerprint density at radius 1 is 1.35 bits per heavy atom. The third-order valence-corrected chi connectivity index (χ3v) is 4.18. The van der Waals surface area contributed by atoms with Crippen molar-refractivity contribution in [3.63, 3.8) is 0 Å². The van der Waals surface area contributed by atoms with E-state index in [9.17, 15) is 4.79 Å². The molecular weight excluding hydrogens is 379 g/mol. The number of carbonyl (C=O) groups is 1. The maximum Gasteiger partial charge on any atom is 0.275 e. The average molecular weight is 393 g/mol. The summed E-state index contributed by atoms with van der Waals surface area (Å²) >= 11 is 12.4. The third-order valence-electron chi connectivity index (χ3n) is 3.57. The van der Waals surface area contributed by atoms with Gasteiger partial charge in [-0.2, -0.15) is 5.10 Å². The number of amides is 1.